The van der Waals surface area contributed by atoms with E-state index < -0.39 is 17.2 Å². The second-order valence-corrected chi connectivity index (χ2v) is 5.32. The fraction of sp³-hybridized carbons (Fsp3) is 0.125. The number of rotatable bonds is 5. The van der Waals surface area contributed by atoms with Gasteiger partial charge in [-0.2, -0.15) is 0 Å². The highest BCUT2D eigenvalue weighted by atomic mass is 16.2. The van der Waals surface area contributed by atoms with Crippen molar-refractivity contribution in [3.8, 4) is 0 Å². The van der Waals surface area contributed by atoms with E-state index >= 15 is 0 Å². The molecule has 0 bridgehead atoms. The van der Waals surface area contributed by atoms with E-state index in [1.807, 2.05) is 0 Å². The Labute approximate surface area is 145 Å². The molecule has 0 aliphatic carbocycles. The minimum atomic E-state index is -0.674. The molecule has 0 unspecified atom stereocenters. The third-order valence-corrected chi connectivity index (χ3v) is 3.44. The summed E-state index contributed by atoms with van der Waals surface area (Å²) >= 11 is 0. The number of aromatic nitrogens is 4. The number of H-pyrrole nitrogens is 2. The highest BCUT2D eigenvalue weighted by Crippen LogP contribution is 2.06. The van der Waals surface area contributed by atoms with Crippen LogP contribution in [0.25, 0.3) is 11.0 Å². The molecule has 3 heterocycles. The Kier molecular flexibility index (Phi) is 4.83. The first-order valence-electron chi connectivity index (χ1n) is 7.63. The van der Waals surface area contributed by atoms with Crippen LogP contribution in [0.3, 0.4) is 0 Å². The first-order chi connectivity index (χ1) is 12.5. The molecule has 0 atom stereocenters. The maximum absolute atomic E-state index is 12.1. The Morgan fingerprint density at radius 2 is 2.00 bits per heavy atom. The number of nitrogens with one attached hydrogen (secondary N) is 4. The largest absolute Gasteiger partial charge is 0.351 e. The first-order valence-corrected chi connectivity index (χ1v) is 7.63. The molecule has 0 fully saturated rings. The summed E-state index contributed by atoms with van der Waals surface area (Å²) in [6.45, 7) is 0.102. The molecule has 10 heteroatoms. The molecule has 0 aromatic carbocycles. The zero-order valence-corrected chi connectivity index (χ0v) is 13.4. The zero-order chi connectivity index (χ0) is 18.5. The number of carbonyl (C=O) groups is 2. The standard InChI is InChI=1S/C16H14N6O4/c23-12(20-10-2-1-4-17-8-10)3-5-18-14(24)9-6-11-13(19-7-9)21-16(26)22-15(11)25/h1-2,4,6-8H,3,5H2,(H,18,24)(H,20,23)(H2,19,21,22,25,26). The highest BCUT2D eigenvalue weighted by Gasteiger charge is 2.10. The summed E-state index contributed by atoms with van der Waals surface area (Å²) in [5.41, 5.74) is -0.516. The van der Waals surface area contributed by atoms with E-state index in [2.05, 4.69) is 30.6 Å². The van der Waals surface area contributed by atoms with Gasteiger partial charge in [0.2, 0.25) is 5.91 Å². The number of carbonyl (C=O) groups excluding carboxylic acids is 2. The number of fused-ring (bicyclic) bond motifs is 1. The van der Waals surface area contributed by atoms with Gasteiger partial charge in [0.15, 0.2) is 0 Å². The van der Waals surface area contributed by atoms with Crippen molar-refractivity contribution in [2.45, 2.75) is 6.42 Å². The molecule has 0 aliphatic rings. The van der Waals surface area contributed by atoms with Gasteiger partial charge in [-0.05, 0) is 18.2 Å². The maximum atomic E-state index is 12.1. The molecule has 10 nitrogen and oxygen atoms in total. The number of aromatic amines is 2. The van der Waals surface area contributed by atoms with Crippen LogP contribution < -0.4 is 21.9 Å². The summed E-state index contributed by atoms with van der Waals surface area (Å²) in [5, 5.41) is 5.31. The fourth-order valence-corrected chi connectivity index (χ4v) is 2.22. The van der Waals surface area contributed by atoms with Crippen LogP contribution in [0.4, 0.5) is 5.69 Å². The van der Waals surface area contributed by atoms with E-state index in [0.717, 1.165) is 0 Å². The Bertz CT molecular complexity index is 1070. The molecule has 3 aromatic heterocycles. The van der Waals surface area contributed by atoms with Gasteiger partial charge < -0.3 is 10.6 Å². The number of amides is 2. The second kappa shape index (κ2) is 7.38. The zero-order valence-electron chi connectivity index (χ0n) is 13.4. The predicted molar refractivity (Wildman–Crippen MR) is 92.8 cm³/mol. The summed E-state index contributed by atoms with van der Waals surface area (Å²) in [6.07, 6.45) is 4.41. The summed E-state index contributed by atoms with van der Waals surface area (Å²) in [4.78, 5) is 59.1. The third kappa shape index (κ3) is 3.98. The van der Waals surface area contributed by atoms with Crippen molar-refractivity contribution in [2.24, 2.45) is 0 Å². The average molecular weight is 354 g/mol. The highest BCUT2D eigenvalue weighted by molar-refractivity contribution is 5.97. The van der Waals surface area contributed by atoms with Crippen LogP contribution >= 0.6 is 0 Å². The van der Waals surface area contributed by atoms with Gasteiger partial charge in [0.05, 0.1) is 22.8 Å². The molecular formula is C16H14N6O4. The van der Waals surface area contributed by atoms with Gasteiger partial charge in [-0.25, -0.2) is 9.78 Å². The number of nitrogens with zero attached hydrogens (tertiary/aromatic N) is 2. The van der Waals surface area contributed by atoms with E-state index in [1.165, 1.54) is 18.5 Å². The normalized spacial score (nSPS) is 10.5. The van der Waals surface area contributed by atoms with E-state index in [9.17, 15) is 19.2 Å². The van der Waals surface area contributed by atoms with Crippen LogP contribution in [0, 0.1) is 0 Å². The predicted octanol–water partition coefficient (Wildman–Crippen LogP) is -0.235. The SMILES string of the molecule is O=C(CCNC(=O)c1cnc2[nH]c(=O)[nH]c(=O)c2c1)Nc1cccnc1. The molecule has 132 valence electrons. The number of hydrogen-bond donors (Lipinski definition) is 4. The van der Waals surface area contributed by atoms with Gasteiger partial charge in [0.1, 0.15) is 5.65 Å². The lowest BCUT2D eigenvalue weighted by molar-refractivity contribution is -0.116. The fourth-order valence-electron chi connectivity index (χ4n) is 2.22. The van der Waals surface area contributed by atoms with Crippen LogP contribution in [-0.4, -0.2) is 38.3 Å². The van der Waals surface area contributed by atoms with Crippen molar-refractivity contribution < 1.29 is 9.59 Å². The number of hydrogen-bond acceptors (Lipinski definition) is 6. The van der Waals surface area contributed by atoms with E-state index in [1.54, 1.807) is 18.3 Å². The van der Waals surface area contributed by atoms with Crippen molar-refractivity contribution in [2.75, 3.05) is 11.9 Å². The van der Waals surface area contributed by atoms with Gasteiger partial charge in [0.25, 0.3) is 11.5 Å². The third-order valence-electron chi connectivity index (χ3n) is 3.44. The Morgan fingerprint density at radius 1 is 1.15 bits per heavy atom. The molecule has 3 rings (SSSR count). The lowest BCUT2D eigenvalue weighted by Crippen LogP contribution is -2.28. The van der Waals surface area contributed by atoms with Crippen molar-refractivity contribution >= 4 is 28.5 Å². The Hall–Kier alpha value is -3.82. The van der Waals surface area contributed by atoms with E-state index in [0.29, 0.717) is 5.69 Å². The second-order valence-electron chi connectivity index (χ2n) is 5.32. The van der Waals surface area contributed by atoms with Crippen molar-refractivity contribution in [1.29, 1.82) is 0 Å². The van der Waals surface area contributed by atoms with E-state index in [4.69, 9.17) is 0 Å². The topological polar surface area (TPSA) is 150 Å². The molecule has 0 radical (unpaired) electrons. The van der Waals surface area contributed by atoms with E-state index in [-0.39, 0.29) is 35.5 Å². The van der Waals surface area contributed by atoms with Crippen LogP contribution in [-0.2, 0) is 4.79 Å². The molecule has 0 aliphatic heterocycles. The quantitative estimate of drug-likeness (QED) is 0.497. The minimum absolute atomic E-state index is 0.0650. The molecule has 0 saturated carbocycles. The van der Waals surface area contributed by atoms with Gasteiger partial charge in [0, 0.05) is 25.4 Å². The van der Waals surface area contributed by atoms with Gasteiger partial charge in [-0.3, -0.25) is 29.3 Å². The molecule has 0 saturated heterocycles. The van der Waals surface area contributed by atoms with Gasteiger partial charge in [-0.1, -0.05) is 0 Å². The smallest absolute Gasteiger partial charge is 0.327 e. The molecule has 4 N–H and O–H groups in total. The van der Waals surface area contributed by atoms with Crippen molar-refractivity contribution in [1.82, 2.24) is 25.3 Å². The molecule has 26 heavy (non-hydrogen) atoms. The minimum Gasteiger partial charge on any atom is -0.351 e. The summed E-state index contributed by atoms with van der Waals surface area (Å²) < 4.78 is 0. The van der Waals surface area contributed by atoms with Crippen LogP contribution in [0.2, 0.25) is 0 Å². The van der Waals surface area contributed by atoms with Crippen molar-refractivity contribution in [3.05, 3.63) is 63.2 Å². The average Bonchev–Trinajstić information content (AvgIpc) is 2.62. The summed E-state index contributed by atoms with van der Waals surface area (Å²) in [6, 6.07) is 4.72. The lowest BCUT2D eigenvalue weighted by atomic mass is 10.2. The van der Waals surface area contributed by atoms with Crippen LogP contribution in [0.1, 0.15) is 16.8 Å². The van der Waals surface area contributed by atoms with Gasteiger partial charge in [-0.15, -0.1) is 0 Å². The molecule has 3 aromatic rings. The van der Waals surface area contributed by atoms with Crippen LogP contribution in [0.5, 0.6) is 0 Å². The monoisotopic (exact) mass is 354 g/mol. The molecule has 0 spiro atoms. The first kappa shape index (κ1) is 17.0. The molecular weight excluding hydrogens is 340 g/mol. The lowest BCUT2D eigenvalue weighted by Gasteiger charge is -2.07. The summed E-state index contributed by atoms with van der Waals surface area (Å²) in [5.74, 6) is -0.761. The maximum Gasteiger partial charge on any atom is 0.327 e. The Balaban J connectivity index is 1.60. The molecule has 2 amide bonds. The summed E-state index contributed by atoms with van der Waals surface area (Å²) in [7, 11) is 0. The van der Waals surface area contributed by atoms with Crippen molar-refractivity contribution in [3.63, 3.8) is 0 Å². The number of pyridine rings is 2. The number of anilines is 1. The van der Waals surface area contributed by atoms with Gasteiger partial charge >= 0.3 is 5.69 Å². The van der Waals surface area contributed by atoms with Crippen LogP contribution in [0.15, 0.2) is 46.4 Å². The Morgan fingerprint density at radius 3 is 2.77 bits per heavy atom.